The molecular formula is C9H5F5N2OS2. The van der Waals surface area contributed by atoms with Crippen LogP contribution >= 0.6 is 11.3 Å². The molecule has 0 N–H and O–H groups in total. The molecule has 0 aliphatic carbocycles. The van der Waals surface area contributed by atoms with Gasteiger partial charge in [0.1, 0.15) is 0 Å². The van der Waals surface area contributed by atoms with Crippen molar-refractivity contribution in [2.24, 2.45) is 0 Å². The molecule has 104 valence electrons. The number of hydrogen-bond donors (Lipinski definition) is 0. The minimum Gasteiger partial charge on any atom is -0.252 e. The molecule has 0 saturated heterocycles. The van der Waals surface area contributed by atoms with Crippen LogP contribution in [-0.2, 0) is 17.0 Å². The average Bonchev–Trinajstić information content (AvgIpc) is 2.69. The summed E-state index contributed by atoms with van der Waals surface area (Å²) in [6.07, 6.45) is -6.72. The summed E-state index contributed by atoms with van der Waals surface area (Å²) in [5.74, 6) is -0.897. The van der Waals surface area contributed by atoms with E-state index in [2.05, 4.69) is 9.97 Å². The van der Waals surface area contributed by atoms with Gasteiger partial charge in [-0.3, -0.25) is 4.21 Å². The zero-order valence-electron chi connectivity index (χ0n) is 8.95. The maximum atomic E-state index is 12.4. The SMILES string of the molecule is O=[S@@](CC(F)F)c1nc2ncc(C(F)(F)F)cc2s1. The summed E-state index contributed by atoms with van der Waals surface area (Å²) in [5, 5.41) is 0. The van der Waals surface area contributed by atoms with Crippen LogP contribution in [0.5, 0.6) is 0 Å². The second-order valence-electron chi connectivity index (χ2n) is 3.43. The summed E-state index contributed by atoms with van der Waals surface area (Å²) in [5.41, 5.74) is -0.995. The molecule has 0 unspecified atom stereocenters. The van der Waals surface area contributed by atoms with Gasteiger partial charge in [0.15, 0.2) is 9.99 Å². The third-order valence-electron chi connectivity index (χ3n) is 2.03. The Bertz CT molecular complexity index is 625. The Labute approximate surface area is 109 Å². The molecule has 19 heavy (non-hydrogen) atoms. The Morgan fingerprint density at radius 2 is 2.05 bits per heavy atom. The van der Waals surface area contributed by atoms with E-state index in [-0.39, 0.29) is 14.7 Å². The van der Waals surface area contributed by atoms with Crippen molar-refractivity contribution in [2.75, 3.05) is 5.75 Å². The lowest BCUT2D eigenvalue weighted by Gasteiger charge is -2.04. The molecule has 0 amide bonds. The second-order valence-corrected chi connectivity index (χ2v) is 6.13. The molecule has 10 heteroatoms. The first-order chi connectivity index (χ1) is 8.77. The molecule has 3 nitrogen and oxygen atoms in total. The topological polar surface area (TPSA) is 42.9 Å². The fourth-order valence-corrected chi connectivity index (χ4v) is 3.34. The van der Waals surface area contributed by atoms with Crippen molar-refractivity contribution in [1.29, 1.82) is 0 Å². The van der Waals surface area contributed by atoms with Gasteiger partial charge in [0.25, 0.3) is 6.43 Å². The van der Waals surface area contributed by atoms with Gasteiger partial charge in [-0.1, -0.05) is 0 Å². The van der Waals surface area contributed by atoms with Crippen LogP contribution in [0.4, 0.5) is 22.0 Å². The number of alkyl halides is 5. The Morgan fingerprint density at radius 1 is 1.37 bits per heavy atom. The van der Waals surface area contributed by atoms with Crippen molar-refractivity contribution >= 4 is 32.5 Å². The van der Waals surface area contributed by atoms with E-state index in [1.54, 1.807) is 0 Å². The van der Waals surface area contributed by atoms with Gasteiger partial charge >= 0.3 is 6.18 Å². The lowest BCUT2D eigenvalue weighted by molar-refractivity contribution is -0.137. The van der Waals surface area contributed by atoms with Crippen molar-refractivity contribution in [3.05, 3.63) is 17.8 Å². The quantitative estimate of drug-likeness (QED) is 0.817. The summed E-state index contributed by atoms with van der Waals surface area (Å²) in [7, 11) is -2.04. The number of halogens is 5. The van der Waals surface area contributed by atoms with E-state index in [1.165, 1.54) is 0 Å². The number of nitrogens with zero attached hydrogens (tertiary/aromatic N) is 2. The highest BCUT2D eigenvalue weighted by molar-refractivity contribution is 7.87. The van der Waals surface area contributed by atoms with Crippen LogP contribution in [0, 0.1) is 0 Å². The Hall–Kier alpha value is -1.16. The number of rotatable bonds is 3. The van der Waals surface area contributed by atoms with E-state index in [1.807, 2.05) is 0 Å². The maximum absolute atomic E-state index is 12.4. The van der Waals surface area contributed by atoms with Gasteiger partial charge in [0.2, 0.25) is 0 Å². The highest BCUT2D eigenvalue weighted by Crippen LogP contribution is 2.32. The van der Waals surface area contributed by atoms with Gasteiger partial charge in [0.05, 0.1) is 26.8 Å². The van der Waals surface area contributed by atoms with Crippen LogP contribution in [0.2, 0.25) is 0 Å². The highest BCUT2D eigenvalue weighted by atomic mass is 32.2. The molecule has 1 atom stereocenters. The number of pyridine rings is 1. The Balaban J connectivity index is 2.38. The standard InChI is InChI=1S/C9H5F5N2OS2/c10-6(11)3-19(17)8-16-7-5(18-8)1-4(2-15-7)9(12,13)14/h1-2,6H,3H2/t19-/m0/s1. The van der Waals surface area contributed by atoms with Crippen LogP contribution in [0.25, 0.3) is 10.3 Å². The summed E-state index contributed by atoms with van der Waals surface area (Å²) in [6, 6.07) is 0.809. The molecule has 0 radical (unpaired) electrons. The number of fused-ring (bicyclic) bond motifs is 1. The number of thiazole rings is 1. The van der Waals surface area contributed by atoms with E-state index in [0.29, 0.717) is 17.5 Å². The van der Waals surface area contributed by atoms with Crippen molar-refractivity contribution in [2.45, 2.75) is 16.9 Å². The van der Waals surface area contributed by atoms with Gasteiger partial charge in [-0.2, -0.15) is 13.2 Å². The van der Waals surface area contributed by atoms with Crippen LogP contribution in [0.1, 0.15) is 5.56 Å². The molecule has 0 bridgehead atoms. The molecule has 0 saturated carbocycles. The van der Waals surface area contributed by atoms with Crippen molar-refractivity contribution in [1.82, 2.24) is 9.97 Å². The monoisotopic (exact) mass is 316 g/mol. The fourth-order valence-electron chi connectivity index (χ4n) is 1.24. The van der Waals surface area contributed by atoms with Crippen LogP contribution in [0.15, 0.2) is 16.6 Å². The lowest BCUT2D eigenvalue weighted by Crippen LogP contribution is -2.06. The number of hydrogen-bond acceptors (Lipinski definition) is 4. The summed E-state index contributed by atoms with van der Waals surface area (Å²) >= 11 is 0.671. The Kier molecular flexibility index (Phi) is 3.81. The van der Waals surface area contributed by atoms with Gasteiger partial charge in [-0.25, -0.2) is 18.7 Å². The van der Waals surface area contributed by atoms with Crippen molar-refractivity contribution in [3.8, 4) is 0 Å². The van der Waals surface area contributed by atoms with E-state index < -0.39 is 34.7 Å². The predicted octanol–water partition coefficient (Wildman–Crippen LogP) is 3.08. The molecule has 2 heterocycles. The van der Waals surface area contributed by atoms with Crippen molar-refractivity contribution in [3.63, 3.8) is 0 Å². The fraction of sp³-hybridized carbons (Fsp3) is 0.333. The van der Waals surface area contributed by atoms with Crippen LogP contribution < -0.4 is 0 Å². The zero-order chi connectivity index (χ0) is 14.2. The molecule has 0 aliphatic heterocycles. The average molecular weight is 316 g/mol. The van der Waals surface area contributed by atoms with E-state index in [9.17, 15) is 26.2 Å². The molecule has 2 aromatic heterocycles. The normalized spacial score (nSPS) is 14.2. The van der Waals surface area contributed by atoms with Gasteiger partial charge in [-0.15, -0.1) is 11.3 Å². The van der Waals surface area contributed by atoms with Crippen LogP contribution in [-0.4, -0.2) is 26.4 Å². The zero-order valence-corrected chi connectivity index (χ0v) is 10.6. The van der Waals surface area contributed by atoms with Crippen LogP contribution in [0.3, 0.4) is 0 Å². The molecule has 0 aromatic carbocycles. The minimum atomic E-state index is -4.55. The maximum Gasteiger partial charge on any atom is 0.417 e. The molecule has 2 rings (SSSR count). The third kappa shape index (κ3) is 3.24. The summed E-state index contributed by atoms with van der Waals surface area (Å²) < 4.78 is 72.8. The summed E-state index contributed by atoms with van der Waals surface area (Å²) in [6.45, 7) is 0. The smallest absolute Gasteiger partial charge is 0.252 e. The van der Waals surface area contributed by atoms with E-state index in [4.69, 9.17) is 0 Å². The molecular weight excluding hydrogens is 311 g/mol. The first-order valence-corrected chi connectivity index (χ1v) is 6.91. The molecule has 0 fully saturated rings. The predicted molar refractivity (Wildman–Crippen MR) is 59.7 cm³/mol. The molecule has 0 spiro atoms. The van der Waals surface area contributed by atoms with E-state index >= 15 is 0 Å². The van der Waals surface area contributed by atoms with E-state index in [0.717, 1.165) is 6.07 Å². The first kappa shape index (κ1) is 14.3. The molecule has 0 aliphatic rings. The highest BCUT2D eigenvalue weighted by Gasteiger charge is 2.31. The van der Waals surface area contributed by atoms with Gasteiger partial charge < -0.3 is 0 Å². The van der Waals surface area contributed by atoms with Gasteiger partial charge in [0, 0.05) is 6.20 Å². The third-order valence-corrected chi connectivity index (χ3v) is 4.66. The lowest BCUT2D eigenvalue weighted by atomic mass is 10.3. The first-order valence-electron chi connectivity index (χ1n) is 4.77. The van der Waals surface area contributed by atoms with Gasteiger partial charge in [-0.05, 0) is 6.07 Å². The minimum absolute atomic E-state index is 0.0318. The Morgan fingerprint density at radius 3 is 2.63 bits per heavy atom. The summed E-state index contributed by atoms with van der Waals surface area (Å²) in [4.78, 5) is 7.18. The molecule has 2 aromatic rings. The number of aromatic nitrogens is 2. The van der Waals surface area contributed by atoms with Crippen molar-refractivity contribution < 1.29 is 26.2 Å². The largest absolute Gasteiger partial charge is 0.417 e. The second kappa shape index (κ2) is 5.08.